The molecule has 1 aliphatic rings. The lowest BCUT2D eigenvalue weighted by molar-refractivity contribution is -0.120. The van der Waals surface area contributed by atoms with E-state index < -0.39 is 24.5 Å². The van der Waals surface area contributed by atoms with Gasteiger partial charge in [-0.2, -0.15) is 0 Å². The number of carbonyl (C=O) groups excluding carboxylic acids is 1. The molecule has 11 heteroatoms. The van der Waals surface area contributed by atoms with E-state index in [0.29, 0.717) is 43.8 Å². The largest absolute Gasteiger partial charge is 0.387 e. The normalized spacial score (nSPS) is 22.1. The van der Waals surface area contributed by atoms with Crippen LogP contribution in [0.2, 0.25) is 0 Å². The molecule has 0 spiro atoms. The van der Waals surface area contributed by atoms with Crippen molar-refractivity contribution in [2.24, 2.45) is 0 Å². The minimum atomic E-state index is -1.17. The lowest BCUT2D eigenvalue weighted by atomic mass is 9.86. The fourth-order valence-corrected chi connectivity index (χ4v) is 4.52. The number of rotatable bonds is 9. The minimum Gasteiger partial charge on any atom is -0.387 e. The maximum absolute atomic E-state index is 12.5. The molecule has 3 aromatic rings. The average Bonchev–Trinajstić information content (AvgIpc) is 3.40. The molecule has 4 atom stereocenters. The number of aliphatic hydroxyl groups is 2. The molecule has 1 saturated heterocycles. The van der Waals surface area contributed by atoms with Crippen molar-refractivity contribution in [3.05, 3.63) is 48.0 Å². The Labute approximate surface area is 216 Å². The van der Waals surface area contributed by atoms with Gasteiger partial charge < -0.3 is 26.0 Å². The molecule has 5 N–H and O–H groups in total. The third-order valence-corrected chi connectivity index (χ3v) is 6.82. The van der Waals surface area contributed by atoms with Crippen molar-refractivity contribution < 1.29 is 19.7 Å². The van der Waals surface area contributed by atoms with Crippen LogP contribution in [0.1, 0.15) is 45.0 Å². The second-order valence-electron chi connectivity index (χ2n) is 10.5. The van der Waals surface area contributed by atoms with E-state index in [9.17, 15) is 15.0 Å². The fourth-order valence-electron chi connectivity index (χ4n) is 4.52. The fraction of sp³-hybridized carbons (Fsp3) is 0.538. The molecule has 0 radical (unpaired) electrons. The van der Waals surface area contributed by atoms with Gasteiger partial charge in [0.05, 0.1) is 12.7 Å². The molecular weight excluding hydrogens is 474 g/mol. The first-order valence-corrected chi connectivity index (χ1v) is 12.6. The number of nitrogens with two attached hydrogens (primary N) is 1. The number of benzene rings is 1. The number of aromatic nitrogens is 4. The number of nitrogen functional groups attached to an aromatic ring is 1. The number of aliphatic hydroxyl groups excluding tert-OH is 2. The summed E-state index contributed by atoms with van der Waals surface area (Å²) in [6.45, 7) is 10.6. The molecular formula is C26H37N7O4. The van der Waals surface area contributed by atoms with E-state index in [-0.39, 0.29) is 17.1 Å². The van der Waals surface area contributed by atoms with Crippen molar-refractivity contribution in [3.63, 3.8) is 0 Å². The Bertz CT molecular complexity index is 1210. The monoisotopic (exact) mass is 511 g/mol. The van der Waals surface area contributed by atoms with E-state index in [1.807, 2.05) is 19.1 Å². The molecule has 0 aliphatic carbocycles. The smallest absolute Gasteiger partial charge is 0.224 e. The molecule has 1 fully saturated rings. The van der Waals surface area contributed by atoms with Gasteiger partial charge in [0.15, 0.2) is 17.7 Å². The summed E-state index contributed by atoms with van der Waals surface area (Å²) < 4.78 is 7.60. The molecule has 0 bridgehead atoms. The van der Waals surface area contributed by atoms with Gasteiger partial charge in [-0.3, -0.25) is 14.3 Å². The van der Waals surface area contributed by atoms with Crippen LogP contribution in [-0.4, -0.2) is 85.0 Å². The molecule has 4 rings (SSSR count). The molecule has 0 unspecified atom stereocenters. The van der Waals surface area contributed by atoms with Crippen molar-refractivity contribution in [1.82, 2.24) is 29.7 Å². The number of hydrogen-bond acceptors (Lipinski definition) is 9. The summed E-state index contributed by atoms with van der Waals surface area (Å²) in [6, 6.07) is 8.15. The number of anilines is 1. The van der Waals surface area contributed by atoms with Crippen molar-refractivity contribution >= 4 is 22.9 Å². The van der Waals surface area contributed by atoms with Crippen LogP contribution in [0.15, 0.2) is 36.9 Å². The Kier molecular flexibility index (Phi) is 8.08. The van der Waals surface area contributed by atoms with E-state index in [4.69, 9.17) is 10.5 Å². The van der Waals surface area contributed by atoms with E-state index in [1.54, 1.807) is 4.57 Å². The number of carbonyl (C=O) groups is 1. The molecule has 11 nitrogen and oxygen atoms in total. The van der Waals surface area contributed by atoms with Crippen molar-refractivity contribution in [2.45, 2.75) is 64.1 Å². The summed E-state index contributed by atoms with van der Waals surface area (Å²) in [4.78, 5) is 26.9. The van der Waals surface area contributed by atoms with Gasteiger partial charge >= 0.3 is 0 Å². The summed E-state index contributed by atoms with van der Waals surface area (Å²) in [5.41, 5.74) is 8.97. The number of likely N-dealkylation sites (N-methyl/N-ethyl adjacent to an activating group) is 1. The molecule has 3 heterocycles. The molecule has 200 valence electrons. The number of ether oxygens (including phenoxy) is 1. The highest BCUT2D eigenvalue weighted by Gasteiger charge is 2.44. The zero-order valence-electron chi connectivity index (χ0n) is 21.8. The van der Waals surface area contributed by atoms with Crippen LogP contribution >= 0.6 is 0 Å². The average molecular weight is 512 g/mol. The van der Waals surface area contributed by atoms with Crippen LogP contribution < -0.4 is 11.1 Å². The van der Waals surface area contributed by atoms with E-state index >= 15 is 0 Å². The number of hydrogen-bond donors (Lipinski definition) is 4. The predicted octanol–water partition coefficient (Wildman–Crippen LogP) is 1.01. The predicted molar refractivity (Wildman–Crippen MR) is 140 cm³/mol. The van der Waals surface area contributed by atoms with E-state index in [2.05, 4.69) is 58.1 Å². The highest BCUT2D eigenvalue weighted by atomic mass is 16.6. The van der Waals surface area contributed by atoms with Gasteiger partial charge in [0.1, 0.15) is 30.2 Å². The van der Waals surface area contributed by atoms with Crippen molar-refractivity contribution in [2.75, 3.05) is 31.9 Å². The highest BCUT2D eigenvalue weighted by Crippen LogP contribution is 2.32. The first kappa shape index (κ1) is 26.9. The number of imidazole rings is 1. The molecule has 2 aromatic heterocycles. The Balaban J connectivity index is 1.29. The first-order chi connectivity index (χ1) is 17.6. The number of fused-ring (bicyclic) bond motifs is 1. The maximum atomic E-state index is 12.5. The molecule has 1 aliphatic heterocycles. The Hall–Kier alpha value is -3.12. The highest BCUT2D eigenvalue weighted by molar-refractivity contribution is 5.81. The van der Waals surface area contributed by atoms with Crippen molar-refractivity contribution in [3.8, 4) is 0 Å². The standard InChI is InChI=1S/C26H37N7O4/c1-5-32(11-10-28-19(34)12-16-6-8-17(9-7-16)26(2,3)4)13-18-21(35)22(36)25(37-18)33-15-31-20-23(27)29-14-30-24(20)33/h6-9,14-15,18,21-22,25,35-36H,5,10-13H2,1-4H3,(H,28,34)(H2,27,29,30)/t18-,21-,22-,25-/m1/s1. The van der Waals surface area contributed by atoms with Gasteiger partial charge in [0, 0.05) is 19.6 Å². The quantitative estimate of drug-likeness (QED) is 0.330. The Morgan fingerprint density at radius 1 is 1.16 bits per heavy atom. The second kappa shape index (κ2) is 11.1. The summed E-state index contributed by atoms with van der Waals surface area (Å²) in [6.07, 6.45) is -0.636. The second-order valence-corrected chi connectivity index (χ2v) is 10.5. The molecule has 0 saturated carbocycles. The van der Waals surface area contributed by atoms with Crippen LogP contribution in [0.5, 0.6) is 0 Å². The lowest BCUT2D eigenvalue weighted by Gasteiger charge is -2.25. The Morgan fingerprint density at radius 3 is 2.57 bits per heavy atom. The van der Waals surface area contributed by atoms with Crippen LogP contribution in [-0.2, 0) is 21.4 Å². The van der Waals surface area contributed by atoms with Gasteiger partial charge in [-0.05, 0) is 23.1 Å². The lowest BCUT2D eigenvalue weighted by Crippen LogP contribution is -2.43. The Morgan fingerprint density at radius 2 is 1.89 bits per heavy atom. The summed E-state index contributed by atoms with van der Waals surface area (Å²) in [5.74, 6) is 0.190. The van der Waals surface area contributed by atoms with Gasteiger partial charge in [-0.1, -0.05) is 52.0 Å². The van der Waals surface area contributed by atoms with Gasteiger partial charge in [0.2, 0.25) is 5.91 Å². The van der Waals surface area contributed by atoms with Gasteiger partial charge in [-0.25, -0.2) is 15.0 Å². The topological polar surface area (TPSA) is 152 Å². The number of nitrogens with one attached hydrogen (secondary N) is 1. The van der Waals surface area contributed by atoms with Crippen LogP contribution in [0.3, 0.4) is 0 Å². The molecule has 1 aromatic carbocycles. The van der Waals surface area contributed by atoms with Crippen LogP contribution in [0.25, 0.3) is 11.2 Å². The maximum Gasteiger partial charge on any atom is 0.224 e. The summed E-state index contributed by atoms with van der Waals surface area (Å²) in [5, 5.41) is 24.3. The minimum absolute atomic E-state index is 0.0413. The first-order valence-electron chi connectivity index (χ1n) is 12.6. The molecule has 37 heavy (non-hydrogen) atoms. The third-order valence-electron chi connectivity index (χ3n) is 6.82. The number of nitrogens with zero attached hydrogens (tertiary/aromatic N) is 5. The third kappa shape index (κ3) is 6.07. The van der Waals surface area contributed by atoms with Crippen molar-refractivity contribution in [1.29, 1.82) is 0 Å². The summed E-state index contributed by atoms with van der Waals surface area (Å²) >= 11 is 0. The molecule has 1 amide bonds. The summed E-state index contributed by atoms with van der Waals surface area (Å²) in [7, 11) is 0. The van der Waals surface area contributed by atoms with E-state index in [0.717, 1.165) is 5.56 Å². The zero-order chi connectivity index (χ0) is 26.7. The van der Waals surface area contributed by atoms with Crippen LogP contribution in [0, 0.1) is 0 Å². The van der Waals surface area contributed by atoms with Gasteiger partial charge in [-0.15, -0.1) is 0 Å². The zero-order valence-corrected chi connectivity index (χ0v) is 21.8. The SMILES string of the molecule is CCN(CCNC(=O)Cc1ccc(C(C)(C)C)cc1)C[C@H]1O[C@@H](n2cnc3c(N)ncnc32)[C@H](O)[C@@H]1O. The van der Waals surface area contributed by atoms with Crippen LogP contribution in [0.4, 0.5) is 5.82 Å². The van der Waals surface area contributed by atoms with E-state index in [1.165, 1.54) is 18.2 Å². The number of amides is 1. The van der Waals surface area contributed by atoms with Gasteiger partial charge in [0.25, 0.3) is 0 Å².